The van der Waals surface area contributed by atoms with Crippen molar-refractivity contribution in [3.8, 4) is 0 Å². The molecule has 0 fully saturated rings. The smallest absolute Gasteiger partial charge is 0.392 e. The monoisotopic (exact) mass is 455 g/mol. The molecule has 0 radical (unpaired) electrons. The second-order valence-corrected chi connectivity index (χ2v) is 8.06. The number of hydrogen-bond donors (Lipinski definition) is 2. The second-order valence-electron chi connectivity index (χ2n) is 7.65. The van der Waals surface area contributed by atoms with Crippen molar-refractivity contribution in [3.63, 3.8) is 0 Å². The van der Waals surface area contributed by atoms with Crippen LogP contribution in [-0.4, -0.2) is 23.2 Å². The first-order valence-electron chi connectivity index (χ1n) is 9.91. The van der Waals surface area contributed by atoms with Crippen molar-refractivity contribution in [3.05, 3.63) is 64.2 Å². The van der Waals surface area contributed by atoms with E-state index in [-0.39, 0.29) is 22.7 Å². The molecule has 2 aromatic carbocycles. The lowest BCUT2D eigenvalue weighted by Gasteiger charge is -2.26. The lowest BCUT2D eigenvalue weighted by atomic mass is 9.85. The highest BCUT2D eigenvalue weighted by molar-refractivity contribution is 6.33. The molecule has 31 heavy (non-hydrogen) atoms. The molecule has 0 spiro atoms. The third kappa shape index (κ3) is 6.47. The molecule has 168 valence electrons. The van der Waals surface area contributed by atoms with E-state index >= 15 is 0 Å². The fraction of sp³-hybridized carbons (Fsp3) is 0.391. The van der Waals surface area contributed by atoms with Gasteiger partial charge in [0.05, 0.1) is 28.5 Å². The van der Waals surface area contributed by atoms with Gasteiger partial charge in [0.25, 0.3) is 0 Å². The van der Waals surface area contributed by atoms with E-state index in [0.717, 1.165) is 18.9 Å². The van der Waals surface area contributed by atoms with Crippen molar-refractivity contribution in [1.82, 2.24) is 0 Å². The van der Waals surface area contributed by atoms with Crippen molar-refractivity contribution in [2.24, 2.45) is 11.8 Å². The standard InChI is InChI=1S/C23H25ClF3NO3/c1-4-15-5-8-17(9-6-15)20(14(3)23(25,26)27)21(29)28-19-12-16(7-10-18(19)24)11-13(2)22(30)31/h5-10,12-14,20H,4,11H2,1-3H3,(H,28,29)(H,30,31)/t13-,14-,20+/m1/s1. The zero-order valence-corrected chi connectivity index (χ0v) is 18.2. The number of carbonyl (C=O) groups excluding carboxylic acids is 1. The lowest BCUT2D eigenvalue weighted by Crippen LogP contribution is -2.34. The van der Waals surface area contributed by atoms with Crippen LogP contribution in [0.2, 0.25) is 5.02 Å². The van der Waals surface area contributed by atoms with E-state index in [1.807, 2.05) is 6.92 Å². The highest BCUT2D eigenvalue weighted by Gasteiger charge is 2.45. The van der Waals surface area contributed by atoms with Crippen molar-refractivity contribution >= 4 is 29.2 Å². The number of anilines is 1. The minimum Gasteiger partial charge on any atom is -0.481 e. The summed E-state index contributed by atoms with van der Waals surface area (Å²) in [5, 5.41) is 11.8. The summed E-state index contributed by atoms with van der Waals surface area (Å²) < 4.78 is 40.6. The van der Waals surface area contributed by atoms with Crippen LogP contribution in [0, 0.1) is 11.8 Å². The summed E-state index contributed by atoms with van der Waals surface area (Å²) in [4.78, 5) is 24.1. The summed E-state index contributed by atoms with van der Waals surface area (Å²) in [6.45, 7) is 4.44. The van der Waals surface area contributed by atoms with Crippen molar-refractivity contribution in [1.29, 1.82) is 0 Å². The van der Waals surface area contributed by atoms with Gasteiger partial charge >= 0.3 is 12.1 Å². The Balaban J connectivity index is 2.35. The molecule has 0 aromatic heterocycles. The number of aliphatic carboxylic acids is 1. The van der Waals surface area contributed by atoms with Crippen LogP contribution in [0.5, 0.6) is 0 Å². The lowest BCUT2D eigenvalue weighted by molar-refractivity contribution is -0.178. The van der Waals surface area contributed by atoms with Crippen LogP contribution in [0.3, 0.4) is 0 Å². The number of amides is 1. The zero-order valence-electron chi connectivity index (χ0n) is 17.5. The molecule has 0 saturated heterocycles. The molecule has 4 nitrogen and oxygen atoms in total. The molecule has 0 heterocycles. The Morgan fingerprint density at radius 3 is 2.16 bits per heavy atom. The average Bonchev–Trinajstić information content (AvgIpc) is 2.70. The van der Waals surface area contributed by atoms with Crippen LogP contribution >= 0.6 is 11.6 Å². The van der Waals surface area contributed by atoms with Gasteiger partial charge in [0.15, 0.2) is 0 Å². The number of halogens is 4. The van der Waals surface area contributed by atoms with E-state index < -0.39 is 35.8 Å². The Labute approximate surface area is 184 Å². The first-order chi connectivity index (χ1) is 14.4. The van der Waals surface area contributed by atoms with E-state index in [0.29, 0.717) is 5.56 Å². The molecule has 0 saturated carbocycles. The van der Waals surface area contributed by atoms with Gasteiger partial charge in [-0.3, -0.25) is 9.59 Å². The molecule has 0 aliphatic heterocycles. The van der Waals surface area contributed by atoms with E-state index in [2.05, 4.69) is 5.32 Å². The summed E-state index contributed by atoms with van der Waals surface area (Å²) in [7, 11) is 0. The number of rotatable bonds is 8. The maximum atomic E-state index is 13.5. The maximum absolute atomic E-state index is 13.5. The van der Waals surface area contributed by atoms with Crippen LogP contribution < -0.4 is 5.32 Å². The van der Waals surface area contributed by atoms with Crippen LogP contribution in [-0.2, 0) is 22.4 Å². The summed E-state index contributed by atoms with van der Waals surface area (Å²) in [5.74, 6) is -5.87. The SMILES string of the molecule is CCc1ccc([C@@H](C(=O)Nc2cc(C[C@@H](C)C(=O)O)ccc2Cl)[C@@H](C)C(F)(F)F)cc1. The fourth-order valence-corrected chi connectivity index (χ4v) is 3.43. The number of carboxylic acids is 1. The minimum absolute atomic E-state index is 0.145. The second kappa shape index (κ2) is 10.2. The Morgan fingerprint density at radius 1 is 1.06 bits per heavy atom. The number of benzene rings is 2. The molecule has 1 amide bonds. The molecule has 0 unspecified atom stereocenters. The fourth-order valence-electron chi connectivity index (χ4n) is 3.26. The van der Waals surface area contributed by atoms with Crippen LogP contribution in [0.25, 0.3) is 0 Å². The predicted molar refractivity (Wildman–Crippen MR) is 114 cm³/mol. The molecular formula is C23H25ClF3NO3. The van der Waals surface area contributed by atoms with Gasteiger partial charge in [0.1, 0.15) is 0 Å². The summed E-state index contributed by atoms with van der Waals surface area (Å²) >= 11 is 6.15. The van der Waals surface area contributed by atoms with Gasteiger partial charge < -0.3 is 10.4 Å². The molecule has 2 rings (SSSR count). The normalized spacial score (nSPS) is 14.5. The minimum atomic E-state index is -4.58. The highest BCUT2D eigenvalue weighted by atomic mass is 35.5. The Hall–Kier alpha value is -2.54. The van der Waals surface area contributed by atoms with Crippen molar-refractivity contribution in [2.45, 2.75) is 45.7 Å². The molecule has 0 aliphatic carbocycles. The van der Waals surface area contributed by atoms with Gasteiger partial charge in [-0.25, -0.2) is 0 Å². The molecule has 3 atom stereocenters. The van der Waals surface area contributed by atoms with Gasteiger partial charge in [-0.15, -0.1) is 0 Å². The van der Waals surface area contributed by atoms with Crippen LogP contribution in [0.1, 0.15) is 43.4 Å². The van der Waals surface area contributed by atoms with Gasteiger partial charge in [-0.1, -0.05) is 62.7 Å². The highest BCUT2D eigenvalue weighted by Crippen LogP contribution is 2.38. The topological polar surface area (TPSA) is 66.4 Å². The zero-order chi connectivity index (χ0) is 23.3. The van der Waals surface area contributed by atoms with Crippen molar-refractivity contribution in [2.75, 3.05) is 5.32 Å². The molecule has 2 aromatic rings. The van der Waals surface area contributed by atoms with Gasteiger partial charge in [-0.2, -0.15) is 13.2 Å². The quantitative estimate of drug-likeness (QED) is 0.506. The van der Waals surface area contributed by atoms with Crippen LogP contribution in [0.15, 0.2) is 42.5 Å². The number of hydrogen-bond acceptors (Lipinski definition) is 2. The largest absolute Gasteiger partial charge is 0.481 e. The van der Waals surface area contributed by atoms with Crippen molar-refractivity contribution < 1.29 is 27.9 Å². The van der Waals surface area contributed by atoms with Gasteiger partial charge in [-0.05, 0) is 41.7 Å². The summed E-state index contributed by atoms with van der Waals surface area (Å²) in [6, 6.07) is 11.1. The third-order valence-corrected chi connectivity index (χ3v) is 5.63. The first-order valence-corrected chi connectivity index (χ1v) is 10.3. The van der Waals surface area contributed by atoms with E-state index in [9.17, 15) is 22.8 Å². The Kier molecular flexibility index (Phi) is 8.12. The van der Waals surface area contributed by atoms with Crippen LogP contribution in [0.4, 0.5) is 18.9 Å². The van der Waals surface area contributed by atoms with E-state index in [4.69, 9.17) is 16.7 Å². The molecule has 2 N–H and O–H groups in total. The summed E-state index contributed by atoms with van der Waals surface area (Å²) in [5.41, 5.74) is 1.95. The number of nitrogens with one attached hydrogen (secondary N) is 1. The Bertz CT molecular complexity index is 929. The number of carboxylic acid groups (broad SMARTS) is 1. The molecule has 0 bridgehead atoms. The van der Waals surface area contributed by atoms with E-state index in [1.54, 1.807) is 18.2 Å². The average molecular weight is 456 g/mol. The maximum Gasteiger partial charge on any atom is 0.392 e. The van der Waals surface area contributed by atoms with Gasteiger partial charge in [0, 0.05) is 0 Å². The molecular weight excluding hydrogens is 431 g/mol. The third-order valence-electron chi connectivity index (χ3n) is 5.30. The van der Waals surface area contributed by atoms with Gasteiger partial charge in [0.2, 0.25) is 5.91 Å². The Morgan fingerprint density at radius 2 is 1.65 bits per heavy atom. The van der Waals surface area contributed by atoms with E-state index in [1.165, 1.54) is 31.2 Å². The summed E-state index contributed by atoms with van der Waals surface area (Å²) in [6.07, 6.45) is -3.66. The first kappa shape index (κ1) is 24.7. The molecule has 8 heteroatoms. The number of aryl methyl sites for hydroxylation is 1. The number of carbonyl (C=O) groups is 2. The molecule has 0 aliphatic rings. The number of alkyl halides is 3. The predicted octanol–water partition coefficient (Wildman–Crippen LogP) is 6.09.